The molecule has 2 aromatic rings. The third kappa shape index (κ3) is 2.34. The number of aromatic nitrogens is 2. The second-order valence-corrected chi connectivity index (χ2v) is 6.30. The molecule has 1 aromatic heterocycles. The molecule has 102 valence electrons. The van der Waals surface area contributed by atoms with Crippen LogP contribution in [0.3, 0.4) is 0 Å². The highest BCUT2D eigenvalue weighted by Crippen LogP contribution is 2.38. The van der Waals surface area contributed by atoms with Crippen molar-refractivity contribution >= 4 is 34.9 Å². The quantitative estimate of drug-likeness (QED) is 0.726. The van der Waals surface area contributed by atoms with Crippen LogP contribution in [0.5, 0.6) is 0 Å². The number of nitrogens with zero attached hydrogens (tertiary/aromatic N) is 1. The van der Waals surface area contributed by atoms with Crippen molar-refractivity contribution < 1.29 is 0 Å². The van der Waals surface area contributed by atoms with Crippen LogP contribution in [0.15, 0.2) is 18.2 Å². The molecule has 0 bridgehead atoms. The zero-order valence-electron chi connectivity index (χ0n) is 11.2. The molecule has 1 saturated carbocycles. The van der Waals surface area contributed by atoms with Gasteiger partial charge in [-0.2, -0.15) is 0 Å². The van der Waals surface area contributed by atoms with E-state index in [0.717, 1.165) is 26.7 Å². The maximum atomic E-state index is 6.15. The number of hydrogen-bond acceptors (Lipinski definition) is 1. The molecule has 0 aliphatic heterocycles. The summed E-state index contributed by atoms with van der Waals surface area (Å²) in [6, 6.07) is 6.49. The Morgan fingerprint density at radius 1 is 1.37 bits per heavy atom. The number of rotatable bonds is 2. The van der Waals surface area contributed by atoms with E-state index in [4.69, 9.17) is 23.8 Å². The second-order valence-electron chi connectivity index (χ2n) is 5.48. The minimum atomic E-state index is 0.526. The summed E-state index contributed by atoms with van der Waals surface area (Å²) in [6.45, 7) is 2.29. The number of benzene rings is 1. The number of imidazole rings is 1. The predicted molar refractivity (Wildman–Crippen MR) is 83.4 cm³/mol. The first-order chi connectivity index (χ1) is 9.20. The summed E-state index contributed by atoms with van der Waals surface area (Å²) >= 11 is 11.7. The van der Waals surface area contributed by atoms with Crippen LogP contribution in [0, 0.1) is 10.7 Å². The number of hydrogen-bond donors (Lipinski definition) is 1. The van der Waals surface area contributed by atoms with Gasteiger partial charge in [-0.1, -0.05) is 37.8 Å². The summed E-state index contributed by atoms with van der Waals surface area (Å²) in [6.07, 6.45) is 6.42. The van der Waals surface area contributed by atoms with Crippen molar-refractivity contribution in [1.82, 2.24) is 9.55 Å². The van der Waals surface area contributed by atoms with Crippen molar-refractivity contribution in [1.29, 1.82) is 0 Å². The van der Waals surface area contributed by atoms with Crippen molar-refractivity contribution in [2.75, 3.05) is 0 Å². The van der Waals surface area contributed by atoms with E-state index in [-0.39, 0.29) is 0 Å². The Hall–Kier alpha value is -0.800. The first kappa shape index (κ1) is 13.2. The summed E-state index contributed by atoms with van der Waals surface area (Å²) < 4.78 is 3.15. The van der Waals surface area contributed by atoms with Gasteiger partial charge in [-0.15, -0.1) is 0 Å². The first-order valence-electron chi connectivity index (χ1n) is 7.10. The summed E-state index contributed by atoms with van der Waals surface area (Å²) in [5.74, 6) is 0.735. The van der Waals surface area contributed by atoms with Crippen molar-refractivity contribution in [2.45, 2.75) is 45.1 Å². The molecular weight excluding hydrogens is 276 g/mol. The van der Waals surface area contributed by atoms with Gasteiger partial charge in [0.25, 0.3) is 0 Å². The van der Waals surface area contributed by atoms with E-state index >= 15 is 0 Å². The lowest BCUT2D eigenvalue weighted by Crippen LogP contribution is -2.22. The summed E-state index contributed by atoms with van der Waals surface area (Å²) in [7, 11) is 0. The molecule has 1 fully saturated rings. The van der Waals surface area contributed by atoms with E-state index in [2.05, 4.69) is 16.5 Å². The molecule has 0 spiro atoms. The van der Waals surface area contributed by atoms with Crippen LogP contribution in [-0.2, 0) is 0 Å². The smallest absolute Gasteiger partial charge is 0.178 e. The van der Waals surface area contributed by atoms with Crippen LogP contribution >= 0.6 is 23.8 Å². The zero-order chi connectivity index (χ0) is 13.4. The standard InChI is InChI=1S/C15H19ClN2S/c1-2-10-5-3-4-6-13(10)18-14-9-11(16)7-8-12(14)17-15(18)19/h7-10,13H,2-6H2,1H3,(H,17,19). The summed E-state index contributed by atoms with van der Waals surface area (Å²) in [5.41, 5.74) is 2.25. The van der Waals surface area contributed by atoms with E-state index in [1.165, 1.54) is 32.1 Å². The highest BCUT2D eigenvalue weighted by Gasteiger charge is 2.26. The van der Waals surface area contributed by atoms with Gasteiger partial charge in [0.2, 0.25) is 0 Å². The minimum absolute atomic E-state index is 0.526. The predicted octanol–water partition coefficient (Wildman–Crippen LogP) is 5.49. The molecule has 1 aliphatic carbocycles. The Labute approximate surface area is 123 Å². The number of nitrogens with one attached hydrogen (secondary N) is 1. The van der Waals surface area contributed by atoms with E-state index in [1.807, 2.05) is 18.2 Å². The molecule has 0 saturated heterocycles. The van der Waals surface area contributed by atoms with Gasteiger partial charge in [0.1, 0.15) is 0 Å². The summed E-state index contributed by atoms with van der Waals surface area (Å²) in [5, 5.41) is 0.777. The Bertz CT molecular complexity index is 643. The fourth-order valence-electron chi connectivity index (χ4n) is 3.43. The van der Waals surface area contributed by atoms with Crippen LogP contribution in [0.1, 0.15) is 45.1 Å². The van der Waals surface area contributed by atoms with E-state index in [9.17, 15) is 0 Å². The van der Waals surface area contributed by atoms with Crippen molar-refractivity contribution in [2.24, 2.45) is 5.92 Å². The molecule has 1 heterocycles. The Balaban J connectivity index is 2.15. The minimum Gasteiger partial charge on any atom is -0.331 e. The topological polar surface area (TPSA) is 20.7 Å². The van der Waals surface area contributed by atoms with Gasteiger partial charge < -0.3 is 9.55 Å². The van der Waals surface area contributed by atoms with Gasteiger partial charge in [-0.3, -0.25) is 0 Å². The van der Waals surface area contributed by atoms with Crippen LogP contribution in [0.4, 0.5) is 0 Å². The molecule has 2 atom stereocenters. The average molecular weight is 295 g/mol. The Morgan fingerprint density at radius 2 is 2.16 bits per heavy atom. The molecule has 19 heavy (non-hydrogen) atoms. The maximum absolute atomic E-state index is 6.15. The normalized spacial score (nSPS) is 23.9. The summed E-state index contributed by atoms with van der Waals surface area (Å²) in [4.78, 5) is 3.32. The van der Waals surface area contributed by atoms with Gasteiger partial charge in [-0.05, 0) is 49.2 Å². The first-order valence-corrected chi connectivity index (χ1v) is 7.89. The van der Waals surface area contributed by atoms with Gasteiger partial charge >= 0.3 is 0 Å². The monoisotopic (exact) mass is 294 g/mol. The van der Waals surface area contributed by atoms with Crippen molar-refractivity contribution in [3.05, 3.63) is 28.0 Å². The number of fused-ring (bicyclic) bond motifs is 1. The van der Waals surface area contributed by atoms with Gasteiger partial charge in [0, 0.05) is 11.1 Å². The third-order valence-corrected chi connectivity index (χ3v) is 4.94. The maximum Gasteiger partial charge on any atom is 0.178 e. The average Bonchev–Trinajstić information content (AvgIpc) is 2.74. The van der Waals surface area contributed by atoms with Crippen LogP contribution < -0.4 is 0 Å². The second kappa shape index (κ2) is 5.29. The largest absolute Gasteiger partial charge is 0.331 e. The molecule has 2 nitrogen and oxygen atoms in total. The van der Waals surface area contributed by atoms with Crippen LogP contribution in [0.25, 0.3) is 11.0 Å². The molecule has 1 aromatic carbocycles. The Morgan fingerprint density at radius 3 is 2.95 bits per heavy atom. The van der Waals surface area contributed by atoms with Crippen molar-refractivity contribution in [3.8, 4) is 0 Å². The molecule has 0 radical (unpaired) electrons. The highest BCUT2D eigenvalue weighted by atomic mass is 35.5. The third-order valence-electron chi connectivity index (χ3n) is 4.40. The zero-order valence-corrected chi connectivity index (χ0v) is 12.7. The molecule has 4 heteroatoms. The van der Waals surface area contributed by atoms with E-state index < -0.39 is 0 Å². The van der Waals surface area contributed by atoms with Gasteiger partial charge in [0.15, 0.2) is 4.77 Å². The van der Waals surface area contributed by atoms with E-state index in [1.54, 1.807) is 0 Å². The highest BCUT2D eigenvalue weighted by molar-refractivity contribution is 7.71. The number of aromatic amines is 1. The fourth-order valence-corrected chi connectivity index (χ4v) is 3.94. The lowest BCUT2D eigenvalue weighted by molar-refractivity contribution is 0.235. The van der Waals surface area contributed by atoms with Gasteiger partial charge in [0.05, 0.1) is 11.0 Å². The Kier molecular flexibility index (Phi) is 3.68. The van der Waals surface area contributed by atoms with E-state index in [0.29, 0.717) is 6.04 Å². The molecule has 1 N–H and O–H groups in total. The molecule has 1 aliphatic rings. The van der Waals surface area contributed by atoms with Gasteiger partial charge in [-0.25, -0.2) is 0 Å². The SMILES string of the molecule is CCC1CCCCC1n1c(=S)[nH]c2ccc(Cl)cc21. The van der Waals surface area contributed by atoms with Crippen LogP contribution in [0.2, 0.25) is 5.02 Å². The molecule has 0 amide bonds. The lowest BCUT2D eigenvalue weighted by atomic mass is 9.82. The molecule has 2 unspecified atom stereocenters. The van der Waals surface area contributed by atoms with Crippen molar-refractivity contribution in [3.63, 3.8) is 0 Å². The lowest BCUT2D eigenvalue weighted by Gasteiger charge is -2.32. The molecular formula is C15H19ClN2S. The number of halogens is 1. The van der Waals surface area contributed by atoms with Crippen LogP contribution in [-0.4, -0.2) is 9.55 Å². The fraction of sp³-hybridized carbons (Fsp3) is 0.533. The molecule has 3 rings (SSSR count). The number of H-pyrrole nitrogens is 1.